The molecule has 0 atom stereocenters. The summed E-state index contributed by atoms with van der Waals surface area (Å²) in [5.41, 5.74) is 0.907. The van der Waals surface area contributed by atoms with Gasteiger partial charge < -0.3 is 10.2 Å². The van der Waals surface area contributed by atoms with Crippen molar-refractivity contribution in [2.24, 2.45) is 5.92 Å². The number of nitrogens with one attached hydrogen (secondary N) is 1. The number of likely N-dealkylation sites (tertiary alicyclic amines) is 1. The molecular formula is C15H22N2OS. The van der Waals surface area contributed by atoms with Crippen LogP contribution in [0.2, 0.25) is 0 Å². The number of amides is 1. The minimum atomic E-state index is 0.146. The molecule has 0 radical (unpaired) electrons. The summed E-state index contributed by atoms with van der Waals surface area (Å²) < 4.78 is 0. The van der Waals surface area contributed by atoms with Crippen molar-refractivity contribution in [2.75, 3.05) is 31.7 Å². The first-order valence-electron chi connectivity index (χ1n) is 6.80. The van der Waals surface area contributed by atoms with E-state index in [0.717, 1.165) is 31.6 Å². The fourth-order valence-corrected chi connectivity index (χ4v) is 2.90. The van der Waals surface area contributed by atoms with Crippen molar-refractivity contribution >= 4 is 23.4 Å². The van der Waals surface area contributed by atoms with Crippen LogP contribution in [0.5, 0.6) is 0 Å². The van der Waals surface area contributed by atoms with E-state index in [2.05, 4.69) is 23.3 Å². The Hall–Kier alpha value is -1.00. The summed E-state index contributed by atoms with van der Waals surface area (Å²) in [5, 5.41) is 3.01. The molecule has 1 aromatic rings. The Labute approximate surface area is 119 Å². The second-order valence-corrected chi connectivity index (χ2v) is 6.11. The third kappa shape index (κ3) is 4.55. The third-order valence-electron chi connectivity index (χ3n) is 3.67. The van der Waals surface area contributed by atoms with Crippen LogP contribution in [0.1, 0.15) is 19.3 Å². The molecule has 0 bridgehead atoms. The average molecular weight is 278 g/mol. The fourth-order valence-electron chi connectivity index (χ4n) is 2.44. The van der Waals surface area contributed by atoms with E-state index in [0.29, 0.717) is 12.3 Å². The van der Waals surface area contributed by atoms with Gasteiger partial charge in [-0.15, -0.1) is 11.8 Å². The van der Waals surface area contributed by atoms with Gasteiger partial charge in [-0.3, -0.25) is 4.79 Å². The van der Waals surface area contributed by atoms with Crippen LogP contribution in [0.15, 0.2) is 29.2 Å². The lowest BCUT2D eigenvalue weighted by atomic mass is 9.93. The van der Waals surface area contributed by atoms with Gasteiger partial charge in [-0.1, -0.05) is 6.07 Å². The van der Waals surface area contributed by atoms with Crippen LogP contribution in [0, 0.1) is 5.92 Å². The highest BCUT2D eigenvalue weighted by Crippen LogP contribution is 2.22. The Kier molecular flexibility index (Phi) is 5.28. The van der Waals surface area contributed by atoms with Crippen molar-refractivity contribution in [3.63, 3.8) is 0 Å². The van der Waals surface area contributed by atoms with Gasteiger partial charge in [-0.05, 0) is 63.4 Å². The molecule has 4 heteroatoms. The second kappa shape index (κ2) is 6.96. The van der Waals surface area contributed by atoms with Gasteiger partial charge in [-0.2, -0.15) is 0 Å². The summed E-state index contributed by atoms with van der Waals surface area (Å²) in [4.78, 5) is 15.5. The summed E-state index contributed by atoms with van der Waals surface area (Å²) in [7, 11) is 2.14. The predicted molar refractivity (Wildman–Crippen MR) is 81.7 cm³/mol. The second-order valence-electron chi connectivity index (χ2n) is 5.23. The number of nitrogens with zero attached hydrogens (tertiary/aromatic N) is 1. The van der Waals surface area contributed by atoms with Crippen LogP contribution < -0.4 is 5.32 Å². The minimum absolute atomic E-state index is 0.146. The molecule has 3 nitrogen and oxygen atoms in total. The van der Waals surface area contributed by atoms with Crippen molar-refractivity contribution in [1.82, 2.24) is 4.90 Å². The van der Waals surface area contributed by atoms with Crippen LogP contribution in [-0.4, -0.2) is 37.2 Å². The Morgan fingerprint density at radius 1 is 1.42 bits per heavy atom. The quantitative estimate of drug-likeness (QED) is 0.859. The minimum Gasteiger partial charge on any atom is -0.326 e. The van der Waals surface area contributed by atoms with E-state index in [-0.39, 0.29) is 5.91 Å². The zero-order valence-corrected chi connectivity index (χ0v) is 12.5. The van der Waals surface area contributed by atoms with Crippen LogP contribution in [0.4, 0.5) is 5.69 Å². The van der Waals surface area contributed by atoms with Crippen molar-refractivity contribution in [3.8, 4) is 0 Å². The lowest BCUT2D eigenvalue weighted by Gasteiger charge is -2.28. The first kappa shape index (κ1) is 14.4. The van der Waals surface area contributed by atoms with E-state index in [9.17, 15) is 4.79 Å². The van der Waals surface area contributed by atoms with Crippen LogP contribution in [0.25, 0.3) is 0 Å². The van der Waals surface area contributed by atoms with Crippen molar-refractivity contribution in [1.29, 1.82) is 0 Å². The smallest absolute Gasteiger partial charge is 0.224 e. The zero-order valence-electron chi connectivity index (χ0n) is 11.7. The molecule has 0 saturated carbocycles. The van der Waals surface area contributed by atoms with Gasteiger partial charge in [0.15, 0.2) is 0 Å². The molecule has 1 aliphatic rings. The number of carbonyl (C=O) groups excluding carboxylic acids is 1. The molecule has 0 unspecified atom stereocenters. The normalized spacial score (nSPS) is 17.4. The maximum Gasteiger partial charge on any atom is 0.224 e. The number of piperidine rings is 1. The number of thioether (sulfide) groups is 1. The molecular weight excluding hydrogens is 256 g/mol. The standard InChI is InChI=1S/C15H22N2OS/c1-17-8-6-12(7-9-17)10-15(18)16-13-4-3-5-14(11-13)19-2/h3-5,11-12H,6-10H2,1-2H3,(H,16,18). The topological polar surface area (TPSA) is 32.3 Å². The number of hydrogen-bond donors (Lipinski definition) is 1. The maximum absolute atomic E-state index is 12.0. The van der Waals surface area contributed by atoms with Gasteiger partial charge in [0.25, 0.3) is 0 Å². The Morgan fingerprint density at radius 3 is 2.84 bits per heavy atom. The van der Waals surface area contributed by atoms with E-state index in [1.54, 1.807) is 11.8 Å². The van der Waals surface area contributed by atoms with E-state index in [1.165, 1.54) is 4.90 Å². The molecule has 0 aliphatic carbocycles. The van der Waals surface area contributed by atoms with Gasteiger partial charge in [0.05, 0.1) is 0 Å². The molecule has 1 heterocycles. The lowest BCUT2D eigenvalue weighted by Crippen LogP contribution is -2.31. The molecule has 2 rings (SSSR count). The van der Waals surface area contributed by atoms with Crippen molar-refractivity contribution in [2.45, 2.75) is 24.2 Å². The number of benzene rings is 1. The Morgan fingerprint density at radius 2 is 2.16 bits per heavy atom. The van der Waals surface area contributed by atoms with Gasteiger partial charge in [0, 0.05) is 17.0 Å². The summed E-state index contributed by atoms with van der Waals surface area (Å²) in [6, 6.07) is 8.01. The zero-order chi connectivity index (χ0) is 13.7. The first-order valence-corrected chi connectivity index (χ1v) is 8.02. The summed E-state index contributed by atoms with van der Waals surface area (Å²) in [6.07, 6.45) is 4.96. The molecule has 1 saturated heterocycles. The number of hydrogen-bond acceptors (Lipinski definition) is 3. The fraction of sp³-hybridized carbons (Fsp3) is 0.533. The molecule has 19 heavy (non-hydrogen) atoms. The highest BCUT2D eigenvalue weighted by atomic mass is 32.2. The molecule has 1 aromatic carbocycles. The van der Waals surface area contributed by atoms with Crippen LogP contribution >= 0.6 is 11.8 Å². The van der Waals surface area contributed by atoms with Gasteiger partial charge in [-0.25, -0.2) is 0 Å². The molecule has 1 N–H and O–H groups in total. The summed E-state index contributed by atoms with van der Waals surface area (Å²) >= 11 is 1.69. The maximum atomic E-state index is 12.0. The van der Waals surface area contributed by atoms with E-state index < -0.39 is 0 Å². The van der Waals surface area contributed by atoms with E-state index in [4.69, 9.17) is 0 Å². The van der Waals surface area contributed by atoms with Crippen LogP contribution in [-0.2, 0) is 4.79 Å². The first-order chi connectivity index (χ1) is 9.17. The van der Waals surface area contributed by atoms with Gasteiger partial charge in [0.2, 0.25) is 5.91 Å². The monoisotopic (exact) mass is 278 g/mol. The lowest BCUT2D eigenvalue weighted by molar-refractivity contribution is -0.117. The summed E-state index contributed by atoms with van der Waals surface area (Å²) in [5.74, 6) is 0.688. The Bertz CT molecular complexity index is 428. The third-order valence-corrected chi connectivity index (χ3v) is 4.39. The Balaban J connectivity index is 1.83. The number of anilines is 1. The van der Waals surface area contributed by atoms with Crippen molar-refractivity contribution in [3.05, 3.63) is 24.3 Å². The molecule has 1 amide bonds. The van der Waals surface area contributed by atoms with E-state index >= 15 is 0 Å². The highest BCUT2D eigenvalue weighted by molar-refractivity contribution is 7.98. The molecule has 1 fully saturated rings. The molecule has 104 valence electrons. The van der Waals surface area contributed by atoms with Gasteiger partial charge >= 0.3 is 0 Å². The van der Waals surface area contributed by atoms with E-state index in [1.807, 2.05) is 24.5 Å². The average Bonchev–Trinajstić information content (AvgIpc) is 2.41. The SMILES string of the molecule is CSc1cccc(NC(=O)CC2CCN(C)CC2)c1. The van der Waals surface area contributed by atoms with Crippen LogP contribution in [0.3, 0.4) is 0 Å². The molecule has 1 aliphatic heterocycles. The summed E-state index contributed by atoms with van der Waals surface area (Å²) in [6.45, 7) is 2.22. The van der Waals surface area contributed by atoms with Crippen molar-refractivity contribution < 1.29 is 4.79 Å². The molecule has 0 aromatic heterocycles. The highest BCUT2D eigenvalue weighted by Gasteiger charge is 2.19. The van der Waals surface area contributed by atoms with Gasteiger partial charge in [0.1, 0.15) is 0 Å². The molecule has 0 spiro atoms. The predicted octanol–water partition coefficient (Wildman–Crippen LogP) is 3.08. The number of carbonyl (C=O) groups is 1. The largest absolute Gasteiger partial charge is 0.326 e. The number of rotatable bonds is 4.